The van der Waals surface area contributed by atoms with Crippen molar-refractivity contribution in [1.29, 1.82) is 0 Å². The molecule has 1 aromatic heterocycles. The third kappa shape index (κ3) is 2.41. The zero-order valence-corrected chi connectivity index (χ0v) is 8.34. The van der Waals surface area contributed by atoms with Crippen LogP contribution in [0, 0.1) is 5.95 Å². The van der Waals surface area contributed by atoms with Crippen LogP contribution in [0.1, 0.15) is 17.6 Å². The van der Waals surface area contributed by atoms with Gasteiger partial charge >= 0.3 is 5.97 Å². The molecule has 88 valence electrons. The van der Waals surface area contributed by atoms with Gasteiger partial charge in [-0.3, -0.25) is 4.79 Å². The number of alkyl halides is 2. The predicted octanol–water partition coefficient (Wildman–Crippen LogP) is 1.46. The highest BCUT2D eigenvalue weighted by Crippen LogP contribution is 2.27. The molecule has 4 nitrogen and oxygen atoms in total. The minimum absolute atomic E-state index is 0.283. The Morgan fingerprint density at radius 3 is 2.75 bits per heavy atom. The molecule has 0 bridgehead atoms. The first-order valence-corrected chi connectivity index (χ1v) is 4.25. The van der Waals surface area contributed by atoms with Crippen molar-refractivity contribution in [3.63, 3.8) is 0 Å². The number of methoxy groups -OCH3 is 1. The number of nitrogens with zero attached hydrogens (tertiary/aromatic N) is 1. The maximum atomic E-state index is 12.9. The molecule has 2 N–H and O–H groups in total. The number of rotatable bonds is 3. The minimum Gasteiger partial charge on any atom is -0.469 e. The third-order valence-corrected chi connectivity index (χ3v) is 2.00. The molecule has 0 aliphatic heterocycles. The summed E-state index contributed by atoms with van der Waals surface area (Å²) in [4.78, 5) is 14.0. The van der Waals surface area contributed by atoms with Crippen molar-refractivity contribution in [2.45, 2.75) is 12.8 Å². The zero-order valence-electron chi connectivity index (χ0n) is 8.34. The molecule has 1 aromatic rings. The number of aromatic nitrogens is 1. The lowest BCUT2D eigenvalue weighted by Gasteiger charge is -2.10. The van der Waals surface area contributed by atoms with Crippen LogP contribution in [-0.4, -0.2) is 18.1 Å². The molecule has 0 saturated carbocycles. The molecule has 0 saturated heterocycles. The van der Waals surface area contributed by atoms with E-state index in [4.69, 9.17) is 5.73 Å². The molecule has 0 amide bonds. The van der Waals surface area contributed by atoms with Crippen molar-refractivity contribution in [2.75, 3.05) is 12.8 Å². The third-order valence-electron chi connectivity index (χ3n) is 2.00. The summed E-state index contributed by atoms with van der Waals surface area (Å²) in [6, 6.07) is 0. The van der Waals surface area contributed by atoms with Gasteiger partial charge in [-0.25, -0.2) is 13.8 Å². The number of hydrogen-bond donors (Lipinski definition) is 1. The van der Waals surface area contributed by atoms with Crippen molar-refractivity contribution in [1.82, 2.24) is 4.98 Å². The molecular weight excluding hydrogens is 225 g/mol. The fourth-order valence-electron chi connectivity index (χ4n) is 1.16. The van der Waals surface area contributed by atoms with Crippen LogP contribution in [0.5, 0.6) is 0 Å². The van der Waals surface area contributed by atoms with E-state index in [1.807, 2.05) is 0 Å². The highest BCUT2D eigenvalue weighted by molar-refractivity contribution is 5.75. The highest BCUT2D eigenvalue weighted by atomic mass is 19.3. The van der Waals surface area contributed by atoms with Crippen molar-refractivity contribution in [3.05, 3.63) is 23.3 Å². The zero-order chi connectivity index (χ0) is 12.3. The fourth-order valence-corrected chi connectivity index (χ4v) is 1.16. The monoisotopic (exact) mass is 234 g/mol. The highest BCUT2D eigenvalue weighted by Gasteiger charge is 2.21. The number of hydrogen-bond acceptors (Lipinski definition) is 4. The Bertz CT molecular complexity index is 410. The van der Waals surface area contributed by atoms with Crippen molar-refractivity contribution in [3.8, 4) is 0 Å². The second-order valence-electron chi connectivity index (χ2n) is 2.95. The van der Waals surface area contributed by atoms with Gasteiger partial charge in [-0.1, -0.05) is 0 Å². The first kappa shape index (κ1) is 12.3. The molecule has 16 heavy (non-hydrogen) atoms. The van der Waals surface area contributed by atoms with Gasteiger partial charge < -0.3 is 10.5 Å². The Hall–Kier alpha value is -1.79. The summed E-state index contributed by atoms with van der Waals surface area (Å²) in [7, 11) is 1.10. The topological polar surface area (TPSA) is 65.2 Å². The van der Waals surface area contributed by atoms with Gasteiger partial charge in [-0.15, -0.1) is 0 Å². The summed E-state index contributed by atoms with van der Waals surface area (Å²) in [5.74, 6) is -1.86. The Kier molecular flexibility index (Phi) is 3.70. The van der Waals surface area contributed by atoms with Crippen LogP contribution in [0.25, 0.3) is 0 Å². The van der Waals surface area contributed by atoms with Crippen molar-refractivity contribution in [2.24, 2.45) is 0 Å². The summed E-state index contributed by atoms with van der Waals surface area (Å²) in [5, 5.41) is 0. The van der Waals surface area contributed by atoms with E-state index in [0.29, 0.717) is 6.20 Å². The number of ether oxygens (including phenoxy) is 1. The molecule has 0 atom stereocenters. The van der Waals surface area contributed by atoms with Crippen LogP contribution >= 0.6 is 0 Å². The largest absolute Gasteiger partial charge is 0.469 e. The van der Waals surface area contributed by atoms with Gasteiger partial charge in [0.25, 0.3) is 6.43 Å². The lowest BCUT2D eigenvalue weighted by atomic mass is 10.1. The summed E-state index contributed by atoms with van der Waals surface area (Å²) >= 11 is 0. The average molecular weight is 234 g/mol. The van der Waals surface area contributed by atoms with Crippen LogP contribution in [0.3, 0.4) is 0 Å². The summed E-state index contributed by atoms with van der Waals surface area (Å²) in [6.45, 7) is 0. The van der Waals surface area contributed by atoms with Gasteiger partial charge in [0.05, 0.1) is 19.2 Å². The van der Waals surface area contributed by atoms with Crippen molar-refractivity contribution >= 4 is 11.7 Å². The summed E-state index contributed by atoms with van der Waals surface area (Å²) in [5.41, 5.74) is 3.84. The number of pyridine rings is 1. The second kappa shape index (κ2) is 4.82. The molecule has 0 radical (unpaired) electrons. The minimum atomic E-state index is -2.88. The number of nitrogens with two attached hydrogens (primary N) is 1. The van der Waals surface area contributed by atoms with E-state index in [1.165, 1.54) is 0 Å². The molecule has 0 unspecified atom stereocenters. The molecule has 7 heteroatoms. The van der Waals surface area contributed by atoms with E-state index in [0.717, 1.165) is 7.11 Å². The Labute approximate surface area is 89.2 Å². The SMILES string of the molecule is COC(=O)Cc1c(C(F)F)cnc(F)c1N. The van der Waals surface area contributed by atoms with E-state index in [2.05, 4.69) is 9.72 Å². The van der Waals surface area contributed by atoms with Gasteiger partial charge in [0.15, 0.2) is 0 Å². The molecule has 1 heterocycles. The Balaban J connectivity index is 3.20. The predicted molar refractivity (Wildman–Crippen MR) is 49.3 cm³/mol. The summed E-state index contributed by atoms with van der Waals surface area (Å²) in [6.07, 6.45) is -2.73. The maximum Gasteiger partial charge on any atom is 0.310 e. The van der Waals surface area contributed by atoms with Gasteiger partial charge in [0.2, 0.25) is 5.95 Å². The van der Waals surface area contributed by atoms with Gasteiger partial charge in [0, 0.05) is 17.3 Å². The standard InChI is InChI=1S/C9H9F3N2O2/c1-16-6(15)2-4-5(8(10)11)3-14-9(12)7(4)13/h3,8H,2,13H2,1H3. The Morgan fingerprint density at radius 2 is 2.25 bits per heavy atom. The van der Waals surface area contributed by atoms with E-state index >= 15 is 0 Å². The van der Waals surface area contributed by atoms with Gasteiger partial charge in [0.1, 0.15) is 0 Å². The first-order chi connectivity index (χ1) is 7.47. The van der Waals surface area contributed by atoms with Gasteiger partial charge in [-0.05, 0) is 0 Å². The smallest absolute Gasteiger partial charge is 0.310 e. The van der Waals surface area contributed by atoms with Gasteiger partial charge in [-0.2, -0.15) is 4.39 Å². The Morgan fingerprint density at radius 1 is 1.62 bits per heavy atom. The second-order valence-corrected chi connectivity index (χ2v) is 2.95. The quantitative estimate of drug-likeness (QED) is 0.635. The first-order valence-electron chi connectivity index (χ1n) is 4.25. The molecule has 0 fully saturated rings. The molecule has 0 spiro atoms. The van der Waals surface area contributed by atoms with Crippen LogP contribution in [0.15, 0.2) is 6.20 Å². The normalized spacial score (nSPS) is 10.6. The number of esters is 1. The lowest BCUT2D eigenvalue weighted by molar-refractivity contribution is -0.139. The number of carbonyl (C=O) groups is 1. The number of nitrogen functional groups attached to an aromatic ring is 1. The van der Waals surface area contributed by atoms with Crippen LogP contribution in [0.4, 0.5) is 18.9 Å². The number of anilines is 1. The van der Waals surface area contributed by atoms with E-state index < -0.39 is 36.0 Å². The molecule has 1 rings (SSSR count). The van der Waals surface area contributed by atoms with E-state index in [9.17, 15) is 18.0 Å². The van der Waals surface area contributed by atoms with E-state index in [1.54, 1.807) is 0 Å². The van der Waals surface area contributed by atoms with E-state index in [-0.39, 0.29) is 5.56 Å². The number of carbonyl (C=O) groups excluding carboxylic acids is 1. The summed E-state index contributed by atoms with van der Waals surface area (Å²) < 4.78 is 42.3. The maximum absolute atomic E-state index is 12.9. The van der Waals surface area contributed by atoms with Crippen molar-refractivity contribution < 1.29 is 22.7 Å². The molecule has 0 aliphatic carbocycles. The van der Waals surface area contributed by atoms with Crippen LogP contribution in [0.2, 0.25) is 0 Å². The molecular formula is C9H9F3N2O2. The average Bonchev–Trinajstić information content (AvgIpc) is 2.24. The fraction of sp³-hybridized carbons (Fsp3) is 0.333. The molecule has 0 aliphatic rings. The number of halogens is 3. The van der Waals surface area contributed by atoms with Crippen LogP contribution in [-0.2, 0) is 16.0 Å². The van der Waals surface area contributed by atoms with Crippen LogP contribution < -0.4 is 5.73 Å². The lowest BCUT2D eigenvalue weighted by Crippen LogP contribution is -2.12. The molecule has 0 aromatic carbocycles.